The Hall–Kier alpha value is -1.59. The third-order valence-corrected chi connectivity index (χ3v) is 3.49. The second kappa shape index (κ2) is 9.37. The van der Waals surface area contributed by atoms with Crippen molar-refractivity contribution in [3.8, 4) is 5.75 Å². The molecule has 5 heteroatoms. The molecule has 0 radical (unpaired) electrons. The van der Waals surface area contributed by atoms with Crippen molar-refractivity contribution in [3.05, 3.63) is 29.8 Å². The molecule has 1 amide bonds. The van der Waals surface area contributed by atoms with Crippen LogP contribution < -0.4 is 10.1 Å². The van der Waals surface area contributed by atoms with Crippen molar-refractivity contribution in [1.82, 2.24) is 10.2 Å². The van der Waals surface area contributed by atoms with Crippen LogP contribution in [0.25, 0.3) is 0 Å². The first-order valence-electron chi connectivity index (χ1n) is 7.19. The van der Waals surface area contributed by atoms with E-state index >= 15 is 0 Å². The Morgan fingerprint density at radius 2 is 2.05 bits per heavy atom. The third-order valence-electron chi connectivity index (χ3n) is 3.49. The van der Waals surface area contributed by atoms with Gasteiger partial charge in [-0.2, -0.15) is 0 Å². The fraction of sp³-hybridized carbons (Fsp3) is 0.562. The largest absolute Gasteiger partial charge is 0.496 e. The number of likely N-dealkylation sites (N-methyl/N-ethyl adjacent to an activating group) is 1. The summed E-state index contributed by atoms with van der Waals surface area (Å²) >= 11 is 0. The number of methoxy groups -OCH3 is 2. The van der Waals surface area contributed by atoms with Crippen LogP contribution in [0.5, 0.6) is 5.75 Å². The van der Waals surface area contributed by atoms with Gasteiger partial charge in [0.2, 0.25) is 5.91 Å². The number of amides is 1. The monoisotopic (exact) mass is 294 g/mol. The lowest BCUT2D eigenvalue weighted by Crippen LogP contribution is -2.37. The number of carbonyl (C=O) groups excluding carboxylic acids is 1. The third kappa shape index (κ3) is 5.73. The van der Waals surface area contributed by atoms with Crippen LogP contribution >= 0.6 is 0 Å². The van der Waals surface area contributed by atoms with E-state index in [0.717, 1.165) is 17.7 Å². The molecule has 0 aromatic heterocycles. The maximum absolute atomic E-state index is 11.9. The summed E-state index contributed by atoms with van der Waals surface area (Å²) in [6.07, 6.45) is 0.827. The van der Waals surface area contributed by atoms with Crippen molar-refractivity contribution >= 4 is 5.91 Å². The van der Waals surface area contributed by atoms with Gasteiger partial charge in [-0.15, -0.1) is 0 Å². The zero-order valence-electron chi connectivity index (χ0n) is 13.4. The van der Waals surface area contributed by atoms with Gasteiger partial charge in [-0.1, -0.05) is 18.2 Å². The van der Waals surface area contributed by atoms with Crippen molar-refractivity contribution in [2.24, 2.45) is 0 Å². The number of para-hydroxylation sites is 1. The zero-order chi connectivity index (χ0) is 15.7. The van der Waals surface area contributed by atoms with Gasteiger partial charge in [-0.3, -0.25) is 9.69 Å². The van der Waals surface area contributed by atoms with E-state index < -0.39 is 0 Å². The minimum atomic E-state index is 0.0235. The molecule has 0 bridgehead atoms. The van der Waals surface area contributed by atoms with Crippen LogP contribution in [-0.2, 0) is 9.53 Å². The van der Waals surface area contributed by atoms with Gasteiger partial charge < -0.3 is 14.8 Å². The molecule has 0 aliphatic carbocycles. The van der Waals surface area contributed by atoms with E-state index in [0.29, 0.717) is 19.7 Å². The number of rotatable bonds is 9. The lowest BCUT2D eigenvalue weighted by atomic mass is 10.1. The Labute approximate surface area is 127 Å². The topological polar surface area (TPSA) is 50.8 Å². The highest BCUT2D eigenvalue weighted by Gasteiger charge is 2.17. The van der Waals surface area contributed by atoms with Gasteiger partial charge in [0.15, 0.2) is 0 Å². The maximum atomic E-state index is 11.9. The molecule has 21 heavy (non-hydrogen) atoms. The SMILES string of the molecule is COCCCNC(=O)CN(C)C(C)c1ccccc1OC. The van der Waals surface area contributed by atoms with Gasteiger partial charge in [0, 0.05) is 31.9 Å². The Bertz CT molecular complexity index is 437. The molecule has 1 N–H and O–H groups in total. The van der Waals surface area contributed by atoms with Crippen LogP contribution in [0.3, 0.4) is 0 Å². The maximum Gasteiger partial charge on any atom is 0.234 e. The first-order chi connectivity index (χ1) is 10.1. The number of ether oxygens (including phenoxy) is 2. The summed E-state index contributed by atoms with van der Waals surface area (Å²) in [6, 6.07) is 7.98. The van der Waals surface area contributed by atoms with Gasteiger partial charge in [-0.25, -0.2) is 0 Å². The highest BCUT2D eigenvalue weighted by Crippen LogP contribution is 2.27. The fourth-order valence-corrected chi connectivity index (χ4v) is 2.11. The Balaban J connectivity index is 2.50. The van der Waals surface area contributed by atoms with E-state index in [-0.39, 0.29) is 11.9 Å². The number of benzene rings is 1. The smallest absolute Gasteiger partial charge is 0.234 e. The van der Waals surface area contributed by atoms with Crippen LogP contribution in [0.4, 0.5) is 0 Å². The number of nitrogens with zero attached hydrogens (tertiary/aromatic N) is 1. The van der Waals surface area contributed by atoms with Crippen LogP contribution in [0, 0.1) is 0 Å². The summed E-state index contributed by atoms with van der Waals surface area (Å²) in [5.41, 5.74) is 1.08. The normalized spacial score (nSPS) is 12.2. The summed E-state index contributed by atoms with van der Waals surface area (Å²) in [5, 5.41) is 2.89. The summed E-state index contributed by atoms with van der Waals surface area (Å²) < 4.78 is 10.3. The molecule has 1 aromatic rings. The molecular weight excluding hydrogens is 268 g/mol. The highest BCUT2D eigenvalue weighted by atomic mass is 16.5. The van der Waals surface area contributed by atoms with Crippen LogP contribution in [-0.4, -0.2) is 51.8 Å². The molecule has 118 valence electrons. The van der Waals surface area contributed by atoms with Gasteiger partial charge in [0.25, 0.3) is 0 Å². The van der Waals surface area contributed by atoms with E-state index in [1.54, 1.807) is 14.2 Å². The highest BCUT2D eigenvalue weighted by molar-refractivity contribution is 5.78. The predicted octanol–water partition coefficient (Wildman–Crippen LogP) is 1.84. The molecular formula is C16H26N2O3. The molecule has 1 atom stereocenters. The standard InChI is InChI=1S/C16H26N2O3/c1-13(14-8-5-6-9-15(14)21-4)18(2)12-16(19)17-10-7-11-20-3/h5-6,8-9,13H,7,10-12H2,1-4H3,(H,17,19). The first-order valence-corrected chi connectivity index (χ1v) is 7.19. The lowest BCUT2D eigenvalue weighted by Gasteiger charge is -2.25. The molecule has 0 aliphatic rings. The summed E-state index contributed by atoms with van der Waals surface area (Å²) in [7, 11) is 5.25. The number of carbonyl (C=O) groups is 1. The Morgan fingerprint density at radius 1 is 1.33 bits per heavy atom. The number of hydrogen-bond donors (Lipinski definition) is 1. The van der Waals surface area contributed by atoms with Gasteiger partial charge in [0.1, 0.15) is 5.75 Å². The van der Waals surface area contributed by atoms with Gasteiger partial charge >= 0.3 is 0 Å². The fourth-order valence-electron chi connectivity index (χ4n) is 2.11. The number of hydrogen-bond acceptors (Lipinski definition) is 4. The van der Waals surface area contributed by atoms with Crippen molar-refractivity contribution in [1.29, 1.82) is 0 Å². The van der Waals surface area contributed by atoms with E-state index in [4.69, 9.17) is 9.47 Å². The van der Waals surface area contributed by atoms with E-state index in [1.165, 1.54) is 0 Å². The molecule has 0 spiro atoms. The van der Waals surface area contributed by atoms with E-state index in [9.17, 15) is 4.79 Å². The molecule has 0 heterocycles. The average Bonchev–Trinajstić information content (AvgIpc) is 2.50. The number of nitrogens with one attached hydrogen (secondary N) is 1. The molecule has 1 aromatic carbocycles. The van der Waals surface area contributed by atoms with Crippen molar-refractivity contribution < 1.29 is 14.3 Å². The lowest BCUT2D eigenvalue weighted by molar-refractivity contribution is -0.122. The molecule has 5 nitrogen and oxygen atoms in total. The van der Waals surface area contributed by atoms with Gasteiger partial charge in [-0.05, 0) is 26.5 Å². The predicted molar refractivity (Wildman–Crippen MR) is 83.5 cm³/mol. The minimum absolute atomic E-state index is 0.0235. The first kappa shape index (κ1) is 17.5. The van der Waals surface area contributed by atoms with E-state index in [1.807, 2.05) is 36.2 Å². The summed E-state index contributed by atoms with van der Waals surface area (Å²) in [4.78, 5) is 13.9. The van der Waals surface area contributed by atoms with Crippen LogP contribution in [0.2, 0.25) is 0 Å². The van der Waals surface area contributed by atoms with E-state index in [2.05, 4.69) is 12.2 Å². The Kier molecular flexibility index (Phi) is 7.79. The van der Waals surface area contributed by atoms with Crippen molar-refractivity contribution in [3.63, 3.8) is 0 Å². The molecule has 0 saturated carbocycles. The zero-order valence-corrected chi connectivity index (χ0v) is 13.4. The van der Waals surface area contributed by atoms with Crippen molar-refractivity contribution in [2.45, 2.75) is 19.4 Å². The quantitative estimate of drug-likeness (QED) is 0.706. The summed E-state index contributed by atoms with van der Waals surface area (Å²) in [5.74, 6) is 0.868. The van der Waals surface area contributed by atoms with Crippen LogP contribution in [0.15, 0.2) is 24.3 Å². The molecule has 0 saturated heterocycles. The second-order valence-corrected chi connectivity index (χ2v) is 5.03. The molecule has 1 unspecified atom stereocenters. The van der Waals surface area contributed by atoms with Crippen molar-refractivity contribution in [2.75, 3.05) is 41.0 Å². The minimum Gasteiger partial charge on any atom is -0.496 e. The molecule has 0 fully saturated rings. The second-order valence-electron chi connectivity index (χ2n) is 5.03. The van der Waals surface area contributed by atoms with Gasteiger partial charge in [0.05, 0.1) is 13.7 Å². The Morgan fingerprint density at radius 3 is 2.71 bits per heavy atom. The summed E-state index contributed by atoms with van der Waals surface area (Å²) in [6.45, 7) is 3.72. The molecule has 0 aliphatic heterocycles. The average molecular weight is 294 g/mol. The van der Waals surface area contributed by atoms with Crippen LogP contribution in [0.1, 0.15) is 24.9 Å². The molecule has 1 rings (SSSR count).